The number of halogens is 3. The molecule has 0 saturated heterocycles. The van der Waals surface area contributed by atoms with Crippen molar-refractivity contribution in [3.05, 3.63) is 75.8 Å². The lowest BCUT2D eigenvalue weighted by atomic mass is 10.1. The molecule has 4 nitrogen and oxygen atoms in total. The predicted octanol–water partition coefficient (Wildman–Crippen LogP) is 3.46. The van der Waals surface area contributed by atoms with E-state index < -0.39 is 17.8 Å². The lowest BCUT2D eigenvalue weighted by molar-refractivity contribution is -0.137. The minimum Gasteiger partial charge on any atom is -0.387 e. The van der Waals surface area contributed by atoms with Gasteiger partial charge < -0.3 is 5.11 Å². The fourth-order valence-electron chi connectivity index (χ4n) is 2.65. The second kappa shape index (κ2) is 6.33. The molecule has 1 unspecified atom stereocenters. The van der Waals surface area contributed by atoms with Gasteiger partial charge in [0.25, 0.3) is 5.56 Å². The molecule has 0 saturated carbocycles. The molecule has 1 heterocycles. The third-order valence-electron chi connectivity index (χ3n) is 4.05. The highest BCUT2D eigenvalue weighted by molar-refractivity contribution is 5.80. The molecule has 1 aromatic heterocycles. The number of aliphatic hydroxyl groups excluding tert-OH is 1. The lowest BCUT2D eigenvalue weighted by Crippen LogP contribution is -2.24. The molecule has 0 radical (unpaired) electrons. The fourth-order valence-corrected chi connectivity index (χ4v) is 2.65. The van der Waals surface area contributed by atoms with Gasteiger partial charge in [0.2, 0.25) is 0 Å². The Hall–Kier alpha value is -2.67. The summed E-state index contributed by atoms with van der Waals surface area (Å²) in [5.41, 5.74) is 0.658. The van der Waals surface area contributed by atoms with Crippen LogP contribution in [0.1, 0.15) is 22.8 Å². The highest BCUT2D eigenvalue weighted by Gasteiger charge is 2.30. The first-order valence-corrected chi connectivity index (χ1v) is 7.57. The standard InChI is InChI=1S/C18H15F3N2O2/c1-11-3-2-4-14-16(11)22-10-23(17(14)25)9-15(24)12-5-7-13(8-6-12)18(19,20)21/h2-8,10,15,24H,9H2,1H3. The van der Waals surface area contributed by atoms with Crippen molar-refractivity contribution in [2.75, 3.05) is 0 Å². The number of alkyl halides is 3. The SMILES string of the molecule is Cc1cccc2c(=O)n(CC(O)c3ccc(C(F)(F)F)cc3)cnc12. The molecule has 0 aliphatic heterocycles. The van der Waals surface area contributed by atoms with Crippen molar-refractivity contribution < 1.29 is 18.3 Å². The van der Waals surface area contributed by atoms with E-state index in [1.54, 1.807) is 12.1 Å². The van der Waals surface area contributed by atoms with Gasteiger partial charge in [-0.1, -0.05) is 24.3 Å². The number of aryl methyl sites for hydroxylation is 1. The van der Waals surface area contributed by atoms with Gasteiger partial charge in [0, 0.05) is 0 Å². The largest absolute Gasteiger partial charge is 0.416 e. The van der Waals surface area contributed by atoms with E-state index in [0.29, 0.717) is 16.5 Å². The van der Waals surface area contributed by atoms with Crippen LogP contribution in [0.15, 0.2) is 53.6 Å². The number of hydrogen-bond acceptors (Lipinski definition) is 3. The van der Waals surface area contributed by atoms with Crippen molar-refractivity contribution in [2.24, 2.45) is 0 Å². The van der Waals surface area contributed by atoms with E-state index in [0.717, 1.165) is 17.7 Å². The number of nitrogens with zero attached hydrogens (tertiary/aromatic N) is 2. The van der Waals surface area contributed by atoms with Gasteiger partial charge in [-0.2, -0.15) is 13.2 Å². The van der Waals surface area contributed by atoms with Crippen molar-refractivity contribution in [1.82, 2.24) is 9.55 Å². The first kappa shape index (κ1) is 17.2. The summed E-state index contributed by atoms with van der Waals surface area (Å²) in [7, 11) is 0. The van der Waals surface area contributed by atoms with Crippen LogP contribution in [0, 0.1) is 6.92 Å². The Kier molecular flexibility index (Phi) is 4.34. The summed E-state index contributed by atoms with van der Waals surface area (Å²) < 4.78 is 39.0. The van der Waals surface area contributed by atoms with Crippen molar-refractivity contribution in [1.29, 1.82) is 0 Å². The summed E-state index contributed by atoms with van der Waals surface area (Å²) in [5.74, 6) is 0. The molecule has 3 rings (SSSR count). The van der Waals surface area contributed by atoms with E-state index in [9.17, 15) is 23.1 Å². The van der Waals surface area contributed by atoms with Gasteiger partial charge in [-0.05, 0) is 36.2 Å². The molecule has 1 atom stereocenters. The summed E-state index contributed by atoms with van der Waals surface area (Å²) in [4.78, 5) is 16.7. The molecule has 3 aromatic rings. The molecule has 0 aliphatic carbocycles. The molecular weight excluding hydrogens is 333 g/mol. The molecule has 25 heavy (non-hydrogen) atoms. The Bertz CT molecular complexity index is 963. The van der Waals surface area contributed by atoms with Crippen LogP contribution in [0.25, 0.3) is 10.9 Å². The summed E-state index contributed by atoms with van der Waals surface area (Å²) in [6, 6.07) is 9.47. The van der Waals surface area contributed by atoms with Crippen LogP contribution in [0.3, 0.4) is 0 Å². The Morgan fingerprint density at radius 2 is 1.84 bits per heavy atom. The molecule has 0 spiro atoms. The van der Waals surface area contributed by atoms with Gasteiger partial charge in [0.1, 0.15) is 0 Å². The average Bonchev–Trinajstić information content (AvgIpc) is 2.57. The van der Waals surface area contributed by atoms with Crippen molar-refractivity contribution in [3.63, 3.8) is 0 Å². The zero-order valence-electron chi connectivity index (χ0n) is 13.3. The number of aromatic nitrogens is 2. The molecular formula is C18H15F3N2O2. The van der Waals surface area contributed by atoms with Gasteiger partial charge in [-0.3, -0.25) is 9.36 Å². The molecule has 7 heteroatoms. The number of hydrogen-bond donors (Lipinski definition) is 1. The van der Waals surface area contributed by atoms with Gasteiger partial charge in [0.15, 0.2) is 0 Å². The molecule has 0 bridgehead atoms. The Balaban J connectivity index is 1.88. The van der Waals surface area contributed by atoms with Crippen LogP contribution in [0.5, 0.6) is 0 Å². The molecule has 1 N–H and O–H groups in total. The quantitative estimate of drug-likeness (QED) is 0.789. The molecule has 0 aliphatic rings. The van der Waals surface area contributed by atoms with Crippen LogP contribution < -0.4 is 5.56 Å². The fraction of sp³-hybridized carbons (Fsp3) is 0.222. The predicted molar refractivity (Wildman–Crippen MR) is 87.1 cm³/mol. The second-order valence-electron chi connectivity index (χ2n) is 5.81. The van der Waals surface area contributed by atoms with E-state index in [-0.39, 0.29) is 12.1 Å². The summed E-state index contributed by atoms with van der Waals surface area (Å²) in [5, 5.41) is 10.7. The summed E-state index contributed by atoms with van der Waals surface area (Å²) >= 11 is 0. The molecule has 0 amide bonds. The van der Waals surface area contributed by atoms with E-state index in [4.69, 9.17) is 0 Å². The molecule has 130 valence electrons. The smallest absolute Gasteiger partial charge is 0.387 e. The summed E-state index contributed by atoms with van der Waals surface area (Å²) in [6.45, 7) is 1.75. The first-order valence-electron chi connectivity index (χ1n) is 7.57. The minimum absolute atomic E-state index is 0.0962. The topological polar surface area (TPSA) is 55.1 Å². The number of benzene rings is 2. The van der Waals surface area contributed by atoms with Crippen LogP contribution in [0.4, 0.5) is 13.2 Å². The Labute approximate surface area is 141 Å². The average molecular weight is 348 g/mol. The van der Waals surface area contributed by atoms with Gasteiger partial charge in [-0.25, -0.2) is 4.98 Å². The zero-order valence-corrected chi connectivity index (χ0v) is 13.3. The van der Waals surface area contributed by atoms with Crippen LogP contribution in [-0.2, 0) is 12.7 Å². The number of para-hydroxylation sites is 1. The van der Waals surface area contributed by atoms with E-state index in [1.807, 2.05) is 13.0 Å². The molecule has 0 fully saturated rings. The van der Waals surface area contributed by atoms with E-state index in [1.165, 1.54) is 23.0 Å². The number of fused-ring (bicyclic) bond motifs is 1. The van der Waals surface area contributed by atoms with Gasteiger partial charge in [-0.15, -0.1) is 0 Å². The monoisotopic (exact) mass is 348 g/mol. The maximum Gasteiger partial charge on any atom is 0.416 e. The highest BCUT2D eigenvalue weighted by Crippen LogP contribution is 2.30. The maximum absolute atomic E-state index is 12.6. The third-order valence-corrected chi connectivity index (χ3v) is 4.05. The maximum atomic E-state index is 12.6. The lowest BCUT2D eigenvalue weighted by Gasteiger charge is -2.14. The van der Waals surface area contributed by atoms with Gasteiger partial charge >= 0.3 is 6.18 Å². The van der Waals surface area contributed by atoms with E-state index in [2.05, 4.69) is 4.98 Å². The summed E-state index contributed by atoms with van der Waals surface area (Å²) in [6.07, 6.45) is -4.21. The van der Waals surface area contributed by atoms with Gasteiger partial charge in [0.05, 0.1) is 35.4 Å². The van der Waals surface area contributed by atoms with Crippen molar-refractivity contribution >= 4 is 10.9 Å². The van der Waals surface area contributed by atoms with Crippen LogP contribution >= 0.6 is 0 Å². The van der Waals surface area contributed by atoms with Crippen molar-refractivity contribution in [2.45, 2.75) is 25.7 Å². The Morgan fingerprint density at radius 1 is 1.16 bits per heavy atom. The zero-order chi connectivity index (χ0) is 18.2. The normalized spacial score (nSPS) is 13.2. The Morgan fingerprint density at radius 3 is 2.48 bits per heavy atom. The first-order chi connectivity index (χ1) is 11.8. The number of aliphatic hydroxyl groups is 1. The van der Waals surface area contributed by atoms with Crippen LogP contribution in [-0.4, -0.2) is 14.7 Å². The number of rotatable bonds is 3. The minimum atomic E-state index is -4.43. The third kappa shape index (κ3) is 3.41. The highest BCUT2D eigenvalue weighted by atomic mass is 19.4. The molecule has 2 aromatic carbocycles. The van der Waals surface area contributed by atoms with Crippen LogP contribution in [0.2, 0.25) is 0 Å². The second-order valence-corrected chi connectivity index (χ2v) is 5.81. The van der Waals surface area contributed by atoms with E-state index >= 15 is 0 Å². The van der Waals surface area contributed by atoms with Crippen molar-refractivity contribution in [3.8, 4) is 0 Å².